The van der Waals surface area contributed by atoms with Gasteiger partial charge in [0.2, 0.25) is 0 Å². The summed E-state index contributed by atoms with van der Waals surface area (Å²) >= 11 is 0. The van der Waals surface area contributed by atoms with Gasteiger partial charge >= 0.3 is 0 Å². The van der Waals surface area contributed by atoms with E-state index in [0.29, 0.717) is 18.2 Å². The number of amides is 1. The van der Waals surface area contributed by atoms with E-state index in [2.05, 4.69) is 4.98 Å². The van der Waals surface area contributed by atoms with Gasteiger partial charge < -0.3 is 4.90 Å². The predicted molar refractivity (Wildman–Crippen MR) is 91.6 cm³/mol. The van der Waals surface area contributed by atoms with Crippen molar-refractivity contribution in [3.05, 3.63) is 47.0 Å². The quantitative estimate of drug-likeness (QED) is 0.869. The molecule has 0 unspecified atom stereocenters. The Labute approximate surface area is 142 Å². The number of carbonyl (C=O) groups excluding carboxylic acids is 1. The van der Waals surface area contributed by atoms with Crippen molar-refractivity contribution in [2.45, 2.75) is 57.5 Å². The van der Waals surface area contributed by atoms with Gasteiger partial charge in [-0.15, -0.1) is 0 Å². The van der Waals surface area contributed by atoms with E-state index in [1.165, 1.54) is 30.5 Å². The third kappa shape index (κ3) is 2.72. The van der Waals surface area contributed by atoms with E-state index in [-0.39, 0.29) is 5.91 Å². The molecule has 0 aliphatic heterocycles. The molecule has 2 heterocycles. The maximum Gasteiger partial charge on any atom is 0.256 e. The highest BCUT2D eigenvalue weighted by atomic mass is 16.2. The Kier molecular flexibility index (Phi) is 4.08. The Morgan fingerprint density at radius 2 is 2.12 bits per heavy atom. The van der Waals surface area contributed by atoms with E-state index in [0.717, 1.165) is 31.4 Å². The minimum atomic E-state index is 0.0902. The summed E-state index contributed by atoms with van der Waals surface area (Å²) in [6, 6.07) is 4.02. The molecule has 0 spiro atoms. The second-order valence-corrected chi connectivity index (χ2v) is 6.96. The number of carbonyl (C=O) groups is 1. The summed E-state index contributed by atoms with van der Waals surface area (Å²) in [6.07, 6.45) is 11.4. The molecule has 0 bridgehead atoms. The number of hydrogen-bond donors (Lipinski definition) is 0. The molecule has 0 saturated heterocycles. The number of hydrogen-bond acceptors (Lipinski definition) is 3. The zero-order valence-corrected chi connectivity index (χ0v) is 14.2. The molecule has 2 aliphatic rings. The van der Waals surface area contributed by atoms with Gasteiger partial charge in [0.1, 0.15) is 0 Å². The van der Waals surface area contributed by atoms with E-state index >= 15 is 0 Å². The maximum absolute atomic E-state index is 13.1. The molecule has 5 heteroatoms. The summed E-state index contributed by atoms with van der Waals surface area (Å²) in [5.41, 5.74) is 4.50. The lowest BCUT2D eigenvalue weighted by Crippen LogP contribution is -2.38. The summed E-state index contributed by atoms with van der Waals surface area (Å²) < 4.78 is 2.01. The molecule has 1 saturated carbocycles. The summed E-state index contributed by atoms with van der Waals surface area (Å²) in [5.74, 6) is 0.0902. The normalized spacial score (nSPS) is 17.2. The summed E-state index contributed by atoms with van der Waals surface area (Å²) in [4.78, 5) is 19.3. The molecular formula is C19H24N4O. The van der Waals surface area contributed by atoms with E-state index in [1.54, 1.807) is 12.4 Å². The van der Waals surface area contributed by atoms with Gasteiger partial charge in [-0.3, -0.25) is 14.5 Å². The second kappa shape index (κ2) is 6.38. The zero-order valence-electron chi connectivity index (χ0n) is 14.2. The highest BCUT2D eigenvalue weighted by Gasteiger charge is 2.30. The van der Waals surface area contributed by atoms with Crippen LogP contribution < -0.4 is 0 Å². The van der Waals surface area contributed by atoms with E-state index < -0.39 is 0 Å². The van der Waals surface area contributed by atoms with Gasteiger partial charge in [-0.05, 0) is 49.8 Å². The molecule has 5 nitrogen and oxygen atoms in total. The van der Waals surface area contributed by atoms with Crippen LogP contribution in [0, 0.1) is 0 Å². The molecule has 0 radical (unpaired) electrons. The van der Waals surface area contributed by atoms with Gasteiger partial charge in [-0.2, -0.15) is 5.10 Å². The molecule has 4 rings (SSSR count). The predicted octanol–water partition coefficient (Wildman–Crippen LogP) is 2.89. The number of aryl methyl sites for hydroxylation is 1. The number of rotatable bonds is 4. The molecule has 1 amide bonds. The SMILES string of the molecule is Cn1nc(CN(C(=O)c2cccnc2)C2CCCC2)c2c1CCC2. The van der Waals surface area contributed by atoms with Crippen molar-refractivity contribution < 1.29 is 4.79 Å². The van der Waals surface area contributed by atoms with E-state index in [9.17, 15) is 4.79 Å². The van der Waals surface area contributed by atoms with Crippen LogP contribution in [-0.2, 0) is 26.4 Å². The van der Waals surface area contributed by atoms with Crippen molar-refractivity contribution in [1.29, 1.82) is 0 Å². The molecule has 2 aliphatic carbocycles. The van der Waals surface area contributed by atoms with Gasteiger partial charge in [0.15, 0.2) is 0 Å². The molecule has 0 atom stereocenters. The Morgan fingerprint density at radius 3 is 2.88 bits per heavy atom. The van der Waals surface area contributed by atoms with Crippen molar-refractivity contribution in [3.63, 3.8) is 0 Å². The summed E-state index contributed by atoms with van der Waals surface area (Å²) in [7, 11) is 2.02. The largest absolute Gasteiger partial charge is 0.330 e. The molecule has 2 aromatic heterocycles. The van der Waals surface area contributed by atoms with Crippen molar-refractivity contribution >= 4 is 5.91 Å². The maximum atomic E-state index is 13.1. The van der Waals surface area contributed by atoms with Crippen molar-refractivity contribution in [1.82, 2.24) is 19.7 Å². The minimum Gasteiger partial charge on any atom is -0.330 e. The van der Waals surface area contributed by atoms with Crippen molar-refractivity contribution in [2.75, 3.05) is 0 Å². The lowest BCUT2D eigenvalue weighted by Gasteiger charge is -2.28. The van der Waals surface area contributed by atoms with Crippen LogP contribution in [0.15, 0.2) is 24.5 Å². The molecule has 2 aromatic rings. The van der Waals surface area contributed by atoms with E-state index in [4.69, 9.17) is 5.10 Å². The van der Waals surface area contributed by atoms with Crippen LogP contribution in [0.4, 0.5) is 0 Å². The highest BCUT2D eigenvalue weighted by molar-refractivity contribution is 5.94. The Morgan fingerprint density at radius 1 is 1.29 bits per heavy atom. The molecule has 24 heavy (non-hydrogen) atoms. The topological polar surface area (TPSA) is 51.0 Å². The van der Waals surface area contributed by atoms with Crippen LogP contribution >= 0.6 is 0 Å². The number of aromatic nitrogens is 3. The van der Waals surface area contributed by atoms with Gasteiger partial charge in [0, 0.05) is 31.2 Å². The van der Waals surface area contributed by atoms with Crippen LogP contribution in [0.25, 0.3) is 0 Å². The standard InChI is InChI=1S/C19H24N4O/c1-22-18-10-4-9-16(18)17(21-22)13-23(15-7-2-3-8-15)19(24)14-6-5-11-20-12-14/h5-6,11-12,15H,2-4,7-10,13H2,1H3. The first kappa shape index (κ1) is 15.4. The van der Waals surface area contributed by atoms with Crippen molar-refractivity contribution in [3.8, 4) is 0 Å². The Hall–Kier alpha value is -2.17. The van der Waals surface area contributed by atoms with Crippen LogP contribution in [0.1, 0.15) is 59.4 Å². The molecule has 0 aromatic carbocycles. The Balaban J connectivity index is 1.64. The van der Waals surface area contributed by atoms with Gasteiger partial charge in [0.05, 0.1) is 17.8 Å². The molecule has 126 valence electrons. The zero-order chi connectivity index (χ0) is 16.5. The second-order valence-electron chi connectivity index (χ2n) is 6.96. The third-order valence-electron chi connectivity index (χ3n) is 5.45. The lowest BCUT2D eigenvalue weighted by atomic mass is 10.1. The average Bonchev–Trinajstić information content (AvgIpc) is 3.33. The Bertz CT molecular complexity index is 731. The highest BCUT2D eigenvalue weighted by Crippen LogP contribution is 2.30. The van der Waals surface area contributed by atoms with Crippen LogP contribution in [-0.4, -0.2) is 31.6 Å². The van der Waals surface area contributed by atoms with Crippen LogP contribution in [0.2, 0.25) is 0 Å². The van der Waals surface area contributed by atoms with Gasteiger partial charge in [-0.1, -0.05) is 12.8 Å². The third-order valence-corrected chi connectivity index (χ3v) is 5.45. The number of fused-ring (bicyclic) bond motifs is 1. The fourth-order valence-electron chi connectivity index (χ4n) is 4.22. The minimum absolute atomic E-state index is 0.0902. The number of nitrogens with zero attached hydrogens (tertiary/aromatic N) is 4. The average molecular weight is 324 g/mol. The van der Waals surface area contributed by atoms with Gasteiger partial charge in [0.25, 0.3) is 5.91 Å². The van der Waals surface area contributed by atoms with Crippen molar-refractivity contribution in [2.24, 2.45) is 7.05 Å². The van der Waals surface area contributed by atoms with Gasteiger partial charge in [-0.25, -0.2) is 0 Å². The molecule has 0 N–H and O–H groups in total. The number of pyridine rings is 1. The van der Waals surface area contributed by atoms with E-state index in [1.807, 2.05) is 28.8 Å². The fraction of sp³-hybridized carbons (Fsp3) is 0.526. The smallest absolute Gasteiger partial charge is 0.256 e. The summed E-state index contributed by atoms with van der Waals surface area (Å²) in [5, 5.41) is 4.73. The molecular weight excluding hydrogens is 300 g/mol. The van der Waals surface area contributed by atoms with Crippen LogP contribution in [0.3, 0.4) is 0 Å². The summed E-state index contributed by atoms with van der Waals surface area (Å²) in [6.45, 7) is 0.627. The van der Waals surface area contributed by atoms with Crippen LogP contribution in [0.5, 0.6) is 0 Å². The lowest BCUT2D eigenvalue weighted by molar-refractivity contribution is 0.0660. The molecule has 1 fully saturated rings. The fourth-order valence-corrected chi connectivity index (χ4v) is 4.22. The monoisotopic (exact) mass is 324 g/mol. The first-order chi connectivity index (χ1) is 11.7. The first-order valence-corrected chi connectivity index (χ1v) is 8.98. The first-order valence-electron chi connectivity index (χ1n) is 8.98.